The predicted molar refractivity (Wildman–Crippen MR) is 72.1 cm³/mol. The normalized spacial score (nSPS) is 13.1. The molecule has 1 amide bonds. The number of carbonyl (C=O) groups is 2. The Bertz CT molecular complexity index is 473. The van der Waals surface area contributed by atoms with Gasteiger partial charge in [0.25, 0.3) is 0 Å². The van der Waals surface area contributed by atoms with Gasteiger partial charge in [-0.1, -0.05) is 6.07 Å². The Morgan fingerprint density at radius 3 is 2.78 bits per heavy atom. The number of hydrogen-bond acceptors (Lipinski definition) is 3. The molecule has 1 aromatic carbocycles. The molecule has 2 N–H and O–H groups in total. The van der Waals surface area contributed by atoms with Crippen LogP contribution in [0.15, 0.2) is 18.2 Å². The van der Waals surface area contributed by atoms with Crippen molar-refractivity contribution in [1.82, 2.24) is 0 Å². The third-order valence-electron chi connectivity index (χ3n) is 2.84. The van der Waals surface area contributed by atoms with Gasteiger partial charge in [-0.05, 0) is 42.5 Å². The van der Waals surface area contributed by atoms with Crippen LogP contribution in [0.3, 0.4) is 0 Å². The Labute approximate surface area is 110 Å². The molecule has 0 aromatic heterocycles. The van der Waals surface area contributed by atoms with E-state index in [1.807, 2.05) is 12.1 Å². The maximum Gasteiger partial charge on any atom is 0.313 e. The number of fused-ring (bicyclic) bond motifs is 1. The summed E-state index contributed by atoms with van der Waals surface area (Å²) in [5, 5.41) is 11.3. The van der Waals surface area contributed by atoms with Gasteiger partial charge in [-0.15, -0.1) is 11.8 Å². The van der Waals surface area contributed by atoms with E-state index in [1.54, 1.807) is 0 Å². The van der Waals surface area contributed by atoms with Crippen LogP contribution in [-0.2, 0) is 22.4 Å². The third kappa shape index (κ3) is 3.50. The van der Waals surface area contributed by atoms with Crippen molar-refractivity contribution in [2.45, 2.75) is 19.3 Å². The maximum absolute atomic E-state index is 11.6. The van der Waals surface area contributed by atoms with Crippen LogP contribution in [0, 0.1) is 0 Å². The summed E-state index contributed by atoms with van der Waals surface area (Å²) >= 11 is 1.10. The summed E-state index contributed by atoms with van der Waals surface area (Å²) in [6.45, 7) is 0. The van der Waals surface area contributed by atoms with Crippen LogP contribution in [0.25, 0.3) is 0 Å². The molecular formula is C13H15NO3S. The molecule has 1 aromatic rings. The van der Waals surface area contributed by atoms with Gasteiger partial charge in [0.1, 0.15) is 0 Å². The lowest BCUT2D eigenvalue weighted by molar-refractivity contribution is -0.133. The Balaban J connectivity index is 1.85. The van der Waals surface area contributed by atoms with Crippen molar-refractivity contribution >= 4 is 29.3 Å². The van der Waals surface area contributed by atoms with Gasteiger partial charge in [0.05, 0.1) is 11.5 Å². The lowest BCUT2D eigenvalue weighted by Gasteiger charge is -2.07. The monoisotopic (exact) mass is 265 g/mol. The van der Waals surface area contributed by atoms with Crippen LogP contribution >= 0.6 is 11.8 Å². The molecular weight excluding hydrogens is 250 g/mol. The fourth-order valence-corrected chi connectivity index (χ4v) is 2.61. The lowest BCUT2D eigenvalue weighted by Crippen LogP contribution is -2.15. The molecule has 1 aliphatic carbocycles. The zero-order valence-electron chi connectivity index (χ0n) is 9.94. The molecule has 0 heterocycles. The fourth-order valence-electron chi connectivity index (χ4n) is 2.08. The van der Waals surface area contributed by atoms with Crippen LogP contribution in [0.2, 0.25) is 0 Å². The Morgan fingerprint density at radius 1 is 1.22 bits per heavy atom. The van der Waals surface area contributed by atoms with E-state index in [0.717, 1.165) is 30.3 Å². The van der Waals surface area contributed by atoms with E-state index in [2.05, 4.69) is 11.4 Å². The first-order valence-electron chi connectivity index (χ1n) is 5.86. The number of aryl methyl sites for hydroxylation is 2. The summed E-state index contributed by atoms with van der Waals surface area (Å²) in [6, 6.07) is 5.98. The molecule has 0 fully saturated rings. The van der Waals surface area contributed by atoms with Crippen molar-refractivity contribution in [3.63, 3.8) is 0 Å². The number of aliphatic carboxylic acids is 1. The van der Waals surface area contributed by atoms with Crippen LogP contribution in [0.5, 0.6) is 0 Å². The highest BCUT2D eigenvalue weighted by molar-refractivity contribution is 8.00. The Kier molecular flexibility index (Phi) is 4.25. The van der Waals surface area contributed by atoms with E-state index in [0.29, 0.717) is 0 Å². The van der Waals surface area contributed by atoms with E-state index in [1.165, 1.54) is 17.5 Å². The molecule has 2 rings (SSSR count). The van der Waals surface area contributed by atoms with Gasteiger partial charge in [0.15, 0.2) is 0 Å². The number of carbonyl (C=O) groups excluding carboxylic acids is 1. The number of thioether (sulfide) groups is 1. The largest absolute Gasteiger partial charge is 0.481 e. The number of hydrogen-bond donors (Lipinski definition) is 2. The van der Waals surface area contributed by atoms with Crippen molar-refractivity contribution in [2.24, 2.45) is 0 Å². The number of carboxylic acids is 1. The van der Waals surface area contributed by atoms with Crippen LogP contribution in [-0.4, -0.2) is 28.5 Å². The third-order valence-corrected chi connectivity index (χ3v) is 3.76. The highest BCUT2D eigenvalue weighted by atomic mass is 32.2. The fraction of sp³-hybridized carbons (Fsp3) is 0.385. The summed E-state index contributed by atoms with van der Waals surface area (Å²) < 4.78 is 0. The zero-order chi connectivity index (χ0) is 13.0. The van der Waals surface area contributed by atoms with E-state index in [-0.39, 0.29) is 17.4 Å². The summed E-state index contributed by atoms with van der Waals surface area (Å²) in [5.74, 6) is -0.925. The molecule has 0 saturated carbocycles. The highest BCUT2D eigenvalue weighted by Gasteiger charge is 2.11. The molecule has 0 spiro atoms. The van der Waals surface area contributed by atoms with Crippen LogP contribution < -0.4 is 5.32 Å². The van der Waals surface area contributed by atoms with Crippen molar-refractivity contribution in [3.8, 4) is 0 Å². The molecule has 1 aliphatic rings. The highest BCUT2D eigenvalue weighted by Crippen LogP contribution is 2.24. The first kappa shape index (κ1) is 13.0. The summed E-state index contributed by atoms with van der Waals surface area (Å²) in [6.07, 6.45) is 3.38. The minimum Gasteiger partial charge on any atom is -0.481 e. The number of carboxylic acid groups (broad SMARTS) is 1. The number of amides is 1. The van der Waals surface area contributed by atoms with Gasteiger partial charge in [0.2, 0.25) is 5.91 Å². The zero-order valence-corrected chi connectivity index (χ0v) is 10.8. The molecule has 0 radical (unpaired) electrons. The molecule has 4 nitrogen and oxygen atoms in total. The molecule has 5 heteroatoms. The van der Waals surface area contributed by atoms with Crippen molar-refractivity contribution < 1.29 is 14.7 Å². The van der Waals surface area contributed by atoms with Gasteiger partial charge in [-0.2, -0.15) is 0 Å². The second-order valence-corrected chi connectivity index (χ2v) is 5.26. The first-order chi connectivity index (χ1) is 8.65. The molecule has 0 unspecified atom stereocenters. The minimum atomic E-state index is -0.898. The number of benzene rings is 1. The van der Waals surface area contributed by atoms with Gasteiger partial charge >= 0.3 is 5.97 Å². The number of nitrogens with one attached hydrogen (secondary N) is 1. The molecule has 0 atom stereocenters. The van der Waals surface area contributed by atoms with E-state index in [9.17, 15) is 9.59 Å². The molecule has 0 aliphatic heterocycles. The number of rotatable bonds is 5. The molecule has 0 saturated heterocycles. The minimum absolute atomic E-state index is 0.0440. The quantitative estimate of drug-likeness (QED) is 0.853. The lowest BCUT2D eigenvalue weighted by atomic mass is 10.1. The average Bonchev–Trinajstić information content (AvgIpc) is 2.75. The van der Waals surface area contributed by atoms with Gasteiger partial charge < -0.3 is 10.4 Å². The van der Waals surface area contributed by atoms with Crippen LogP contribution in [0.1, 0.15) is 17.5 Å². The van der Waals surface area contributed by atoms with Crippen molar-refractivity contribution in [3.05, 3.63) is 29.3 Å². The Hall–Kier alpha value is -1.49. The second-order valence-electron chi connectivity index (χ2n) is 4.27. The van der Waals surface area contributed by atoms with Gasteiger partial charge in [-0.3, -0.25) is 9.59 Å². The first-order valence-corrected chi connectivity index (χ1v) is 7.02. The maximum atomic E-state index is 11.6. The van der Waals surface area contributed by atoms with Gasteiger partial charge in [-0.25, -0.2) is 0 Å². The number of anilines is 1. The van der Waals surface area contributed by atoms with Gasteiger partial charge in [0, 0.05) is 5.69 Å². The summed E-state index contributed by atoms with van der Waals surface area (Å²) in [5.41, 5.74) is 3.48. The smallest absolute Gasteiger partial charge is 0.313 e. The summed E-state index contributed by atoms with van der Waals surface area (Å²) in [4.78, 5) is 21.9. The van der Waals surface area contributed by atoms with Crippen LogP contribution in [0.4, 0.5) is 5.69 Å². The standard InChI is InChI=1S/C13H15NO3S/c15-12(7-18-8-13(16)17)14-11-5-4-9-2-1-3-10(9)6-11/h4-6H,1-3,7-8H2,(H,14,15)(H,16,17). The molecule has 0 bridgehead atoms. The SMILES string of the molecule is O=C(O)CSCC(=O)Nc1ccc2c(c1)CCC2. The molecule has 18 heavy (non-hydrogen) atoms. The predicted octanol–water partition coefficient (Wildman–Crippen LogP) is 1.93. The topological polar surface area (TPSA) is 66.4 Å². The van der Waals surface area contributed by atoms with E-state index < -0.39 is 5.97 Å². The second kappa shape index (κ2) is 5.91. The summed E-state index contributed by atoms with van der Waals surface area (Å²) in [7, 11) is 0. The van der Waals surface area contributed by atoms with Crippen molar-refractivity contribution in [2.75, 3.05) is 16.8 Å². The average molecular weight is 265 g/mol. The molecule has 96 valence electrons. The Morgan fingerprint density at radius 2 is 2.00 bits per heavy atom. The van der Waals surface area contributed by atoms with Crippen molar-refractivity contribution in [1.29, 1.82) is 0 Å². The van der Waals surface area contributed by atoms with E-state index in [4.69, 9.17) is 5.11 Å². The van der Waals surface area contributed by atoms with E-state index >= 15 is 0 Å².